The Morgan fingerprint density at radius 3 is 2.47 bits per heavy atom. The minimum atomic E-state index is 0.312. The predicted octanol–water partition coefficient (Wildman–Crippen LogP) is 2.12. The molecule has 1 aliphatic heterocycles. The highest BCUT2D eigenvalue weighted by atomic mass is 16.5. The van der Waals surface area contributed by atoms with Gasteiger partial charge < -0.3 is 10.1 Å². The van der Waals surface area contributed by atoms with Crippen molar-refractivity contribution in [3.8, 4) is 0 Å². The number of likely N-dealkylation sites (N-methyl/N-ethyl adjacent to an activating group) is 1. The van der Waals surface area contributed by atoms with Gasteiger partial charge in [0.25, 0.3) is 0 Å². The van der Waals surface area contributed by atoms with Crippen LogP contribution in [0.2, 0.25) is 0 Å². The largest absolute Gasteiger partial charge is 0.381 e. The zero-order valence-electron chi connectivity index (χ0n) is 12.4. The van der Waals surface area contributed by atoms with E-state index in [1.54, 1.807) is 0 Å². The molecule has 1 fully saturated rings. The average molecular weight is 242 g/mol. The van der Waals surface area contributed by atoms with Gasteiger partial charge in [0.15, 0.2) is 0 Å². The fourth-order valence-corrected chi connectivity index (χ4v) is 2.70. The van der Waals surface area contributed by atoms with Crippen molar-refractivity contribution in [3.63, 3.8) is 0 Å². The van der Waals surface area contributed by atoms with Crippen LogP contribution in [0.1, 0.15) is 40.5 Å². The Hall–Kier alpha value is -0.120. The van der Waals surface area contributed by atoms with Crippen molar-refractivity contribution < 1.29 is 4.74 Å². The van der Waals surface area contributed by atoms with E-state index in [0.29, 0.717) is 23.6 Å². The second-order valence-corrected chi connectivity index (χ2v) is 6.43. The second kappa shape index (κ2) is 6.17. The van der Waals surface area contributed by atoms with Crippen molar-refractivity contribution in [1.29, 1.82) is 0 Å². The molecule has 0 aromatic heterocycles. The molecule has 3 nitrogen and oxygen atoms in total. The van der Waals surface area contributed by atoms with Gasteiger partial charge in [0.2, 0.25) is 0 Å². The number of rotatable bonds is 4. The van der Waals surface area contributed by atoms with E-state index < -0.39 is 0 Å². The molecule has 1 N–H and O–H groups in total. The highest BCUT2D eigenvalue weighted by molar-refractivity contribution is 4.87. The Kier molecular flexibility index (Phi) is 5.42. The van der Waals surface area contributed by atoms with E-state index in [9.17, 15) is 0 Å². The van der Waals surface area contributed by atoms with Crippen LogP contribution in [0.15, 0.2) is 0 Å². The van der Waals surface area contributed by atoms with E-state index in [1.165, 1.54) is 6.42 Å². The van der Waals surface area contributed by atoms with Crippen LogP contribution in [0.5, 0.6) is 0 Å². The first-order valence-corrected chi connectivity index (χ1v) is 6.82. The molecule has 1 saturated heterocycles. The number of hydrogen-bond donors (Lipinski definition) is 1. The topological polar surface area (TPSA) is 24.5 Å². The lowest BCUT2D eigenvalue weighted by Crippen LogP contribution is -2.52. The standard InChI is InChI=1S/C14H30N2O/c1-11-9-12(17-6)7-8-16(11)10-13(15-5)14(2,3)4/h11-13,15H,7-10H2,1-6H3. The van der Waals surface area contributed by atoms with Gasteiger partial charge >= 0.3 is 0 Å². The van der Waals surface area contributed by atoms with Crippen molar-refractivity contribution >= 4 is 0 Å². The molecule has 3 unspecified atom stereocenters. The number of nitrogens with zero attached hydrogens (tertiary/aromatic N) is 1. The third-order valence-corrected chi connectivity index (χ3v) is 4.11. The van der Waals surface area contributed by atoms with Gasteiger partial charge in [-0.15, -0.1) is 0 Å². The van der Waals surface area contributed by atoms with E-state index >= 15 is 0 Å². The summed E-state index contributed by atoms with van der Waals surface area (Å²) < 4.78 is 5.47. The summed E-state index contributed by atoms with van der Waals surface area (Å²) in [4.78, 5) is 2.60. The lowest BCUT2D eigenvalue weighted by molar-refractivity contribution is 0.00797. The van der Waals surface area contributed by atoms with Gasteiger partial charge in [-0.05, 0) is 32.2 Å². The Bertz CT molecular complexity index is 225. The zero-order chi connectivity index (χ0) is 13.1. The highest BCUT2D eigenvalue weighted by Gasteiger charge is 2.30. The fourth-order valence-electron chi connectivity index (χ4n) is 2.70. The maximum Gasteiger partial charge on any atom is 0.0598 e. The zero-order valence-corrected chi connectivity index (χ0v) is 12.4. The molecule has 3 atom stereocenters. The van der Waals surface area contributed by atoms with E-state index in [-0.39, 0.29) is 0 Å². The number of ether oxygens (including phenoxy) is 1. The maximum absolute atomic E-state index is 5.47. The maximum atomic E-state index is 5.47. The van der Waals surface area contributed by atoms with Crippen LogP contribution in [-0.4, -0.2) is 50.3 Å². The third-order valence-electron chi connectivity index (χ3n) is 4.11. The molecule has 1 aliphatic rings. The Balaban J connectivity index is 2.51. The van der Waals surface area contributed by atoms with Crippen molar-refractivity contribution in [3.05, 3.63) is 0 Å². The molecule has 0 aromatic carbocycles. The molecule has 3 heteroatoms. The lowest BCUT2D eigenvalue weighted by Gasteiger charge is -2.41. The second-order valence-electron chi connectivity index (χ2n) is 6.43. The molecule has 0 amide bonds. The summed E-state index contributed by atoms with van der Waals surface area (Å²) in [5, 5.41) is 3.46. The van der Waals surface area contributed by atoms with E-state index in [2.05, 4.69) is 45.0 Å². The van der Waals surface area contributed by atoms with Crippen LogP contribution >= 0.6 is 0 Å². The molecule has 17 heavy (non-hydrogen) atoms. The molecular weight excluding hydrogens is 212 g/mol. The first-order chi connectivity index (χ1) is 7.88. The normalized spacial score (nSPS) is 29.3. The summed E-state index contributed by atoms with van der Waals surface area (Å²) in [7, 11) is 3.90. The molecule has 1 heterocycles. The Labute approximate surface area is 107 Å². The van der Waals surface area contributed by atoms with Gasteiger partial charge in [-0.3, -0.25) is 4.90 Å². The van der Waals surface area contributed by atoms with Crippen molar-refractivity contribution in [2.75, 3.05) is 27.2 Å². The van der Waals surface area contributed by atoms with Crippen molar-refractivity contribution in [2.45, 2.75) is 58.7 Å². The lowest BCUT2D eigenvalue weighted by atomic mass is 9.85. The summed E-state index contributed by atoms with van der Waals surface area (Å²) in [6.07, 6.45) is 2.79. The summed E-state index contributed by atoms with van der Waals surface area (Å²) in [5.41, 5.74) is 0.312. The number of likely N-dealkylation sites (tertiary alicyclic amines) is 1. The number of nitrogens with one attached hydrogen (secondary N) is 1. The summed E-state index contributed by atoms with van der Waals surface area (Å²) >= 11 is 0. The monoisotopic (exact) mass is 242 g/mol. The molecule has 0 saturated carbocycles. The molecule has 102 valence electrons. The molecule has 0 spiro atoms. The van der Waals surface area contributed by atoms with Crippen LogP contribution in [0, 0.1) is 5.41 Å². The SMILES string of the molecule is CNC(CN1CCC(OC)CC1C)C(C)(C)C. The number of piperidine rings is 1. The minimum absolute atomic E-state index is 0.312. The van der Waals surface area contributed by atoms with Crippen LogP contribution in [0.3, 0.4) is 0 Å². The minimum Gasteiger partial charge on any atom is -0.381 e. The number of methoxy groups -OCH3 is 1. The Morgan fingerprint density at radius 2 is 2.06 bits per heavy atom. The average Bonchev–Trinajstić information content (AvgIpc) is 2.25. The molecule has 0 aliphatic carbocycles. The van der Waals surface area contributed by atoms with Gasteiger partial charge in [0, 0.05) is 32.3 Å². The van der Waals surface area contributed by atoms with E-state index in [0.717, 1.165) is 19.5 Å². The van der Waals surface area contributed by atoms with Crippen molar-refractivity contribution in [2.24, 2.45) is 5.41 Å². The predicted molar refractivity (Wildman–Crippen MR) is 73.4 cm³/mol. The molecule has 0 bridgehead atoms. The molecule has 0 radical (unpaired) electrons. The highest BCUT2D eigenvalue weighted by Crippen LogP contribution is 2.24. The van der Waals surface area contributed by atoms with Crippen LogP contribution in [0.4, 0.5) is 0 Å². The quantitative estimate of drug-likeness (QED) is 0.817. The van der Waals surface area contributed by atoms with Gasteiger partial charge in [-0.2, -0.15) is 0 Å². The first kappa shape index (κ1) is 14.9. The van der Waals surface area contributed by atoms with Gasteiger partial charge in [-0.1, -0.05) is 20.8 Å². The van der Waals surface area contributed by atoms with E-state index in [1.807, 2.05) is 7.11 Å². The van der Waals surface area contributed by atoms with Gasteiger partial charge in [0.05, 0.1) is 6.10 Å². The molecule has 1 rings (SSSR count). The first-order valence-electron chi connectivity index (χ1n) is 6.82. The molecular formula is C14H30N2O. The number of hydrogen-bond acceptors (Lipinski definition) is 3. The van der Waals surface area contributed by atoms with Crippen LogP contribution in [-0.2, 0) is 4.74 Å². The summed E-state index contributed by atoms with van der Waals surface area (Å²) in [6.45, 7) is 11.5. The third kappa shape index (κ3) is 4.23. The van der Waals surface area contributed by atoms with Gasteiger partial charge in [0.1, 0.15) is 0 Å². The summed E-state index contributed by atoms with van der Waals surface area (Å²) in [5.74, 6) is 0. The van der Waals surface area contributed by atoms with E-state index in [4.69, 9.17) is 4.74 Å². The smallest absolute Gasteiger partial charge is 0.0598 e. The molecule has 0 aromatic rings. The van der Waals surface area contributed by atoms with Crippen molar-refractivity contribution in [1.82, 2.24) is 10.2 Å². The fraction of sp³-hybridized carbons (Fsp3) is 1.00. The Morgan fingerprint density at radius 1 is 1.41 bits per heavy atom. The summed E-state index contributed by atoms with van der Waals surface area (Å²) in [6, 6.07) is 1.18. The van der Waals surface area contributed by atoms with Gasteiger partial charge in [-0.25, -0.2) is 0 Å². The van der Waals surface area contributed by atoms with Crippen LogP contribution in [0.25, 0.3) is 0 Å². The van der Waals surface area contributed by atoms with Crippen LogP contribution < -0.4 is 5.32 Å².